The SMILES string of the molecule is CNC(=O)C1CCCN(CCOCCN)C1. The van der Waals surface area contributed by atoms with Crippen molar-refractivity contribution in [1.82, 2.24) is 10.2 Å². The Morgan fingerprint density at radius 1 is 1.56 bits per heavy atom. The highest BCUT2D eigenvalue weighted by Crippen LogP contribution is 2.15. The summed E-state index contributed by atoms with van der Waals surface area (Å²) < 4.78 is 5.34. The van der Waals surface area contributed by atoms with Gasteiger partial charge in [-0.1, -0.05) is 0 Å². The molecule has 1 amide bonds. The van der Waals surface area contributed by atoms with Gasteiger partial charge in [-0.05, 0) is 19.4 Å². The second-order valence-corrected chi connectivity index (χ2v) is 4.16. The molecule has 1 saturated heterocycles. The summed E-state index contributed by atoms with van der Waals surface area (Å²) in [5.74, 6) is 0.306. The minimum Gasteiger partial charge on any atom is -0.379 e. The van der Waals surface area contributed by atoms with Gasteiger partial charge in [-0.25, -0.2) is 0 Å². The highest BCUT2D eigenvalue weighted by molar-refractivity contribution is 5.78. The number of likely N-dealkylation sites (tertiary alicyclic amines) is 1. The van der Waals surface area contributed by atoms with Gasteiger partial charge >= 0.3 is 0 Å². The highest BCUT2D eigenvalue weighted by atomic mass is 16.5. The summed E-state index contributed by atoms with van der Waals surface area (Å²) in [6, 6.07) is 0. The number of carbonyl (C=O) groups is 1. The Bertz CT molecular complexity index is 211. The summed E-state index contributed by atoms with van der Waals surface area (Å²) in [7, 11) is 1.70. The largest absolute Gasteiger partial charge is 0.379 e. The van der Waals surface area contributed by atoms with E-state index in [4.69, 9.17) is 10.5 Å². The van der Waals surface area contributed by atoms with Gasteiger partial charge in [0.15, 0.2) is 0 Å². The first kappa shape index (κ1) is 13.4. The number of hydrogen-bond acceptors (Lipinski definition) is 4. The molecule has 1 aliphatic rings. The van der Waals surface area contributed by atoms with E-state index in [1.165, 1.54) is 0 Å². The van der Waals surface area contributed by atoms with Crippen LogP contribution in [0.1, 0.15) is 12.8 Å². The average molecular weight is 229 g/mol. The van der Waals surface area contributed by atoms with E-state index in [2.05, 4.69) is 10.2 Å². The van der Waals surface area contributed by atoms with E-state index in [1.54, 1.807) is 7.05 Å². The highest BCUT2D eigenvalue weighted by Gasteiger charge is 2.24. The Balaban J connectivity index is 2.20. The fourth-order valence-electron chi connectivity index (χ4n) is 2.06. The molecule has 1 aliphatic heterocycles. The maximum absolute atomic E-state index is 11.5. The maximum atomic E-state index is 11.5. The number of nitrogens with one attached hydrogen (secondary N) is 1. The third-order valence-electron chi connectivity index (χ3n) is 2.94. The first-order chi connectivity index (χ1) is 7.77. The third-order valence-corrected chi connectivity index (χ3v) is 2.94. The van der Waals surface area contributed by atoms with Crippen molar-refractivity contribution in [3.63, 3.8) is 0 Å². The summed E-state index contributed by atoms with van der Waals surface area (Å²) in [4.78, 5) is 13.8. The van der Waals surface area contributed by atoms with Crippen LogP contribution >= 0.6 is 0 Å². The zero-order valence-electron chi connectivity index (χ0n) is 10.1. The number of hydrogen-bond donors (Lipinski definition) is 2. The van der Waals surface area contributed by atoms with Crippen LogP contribution < -0.4 is 11.1 Å². The number of carbonyl (C=O) groups excluding carboxylic acids is 1. The summed E-state index contributed by atoms with van der Waals surface area (Å²) in [6.07, 6.45) is 2.09. The molecule has 1 fully saturated rings. The van der Waals surface area contributed by atoms with E-state index in [0.29, 0.717) is 19.8 Å². The molecule has 0 aromatic rings. The van der Waals surface area contributed by atoms with E-state index in [1.807, 2.05) is 0 Å². The number of rotatable bonds is 6. The molecule has 0 aromatic heterocycles. The molecule has 0 spiro atoms. The van der Waals surface area contributed by atoms with Crippen LogP contribution in [0.5, 0.6) is 0 Å². The number of amides is 1. The minimum absolute atomic E-state index is 0.147. The minimum atomic E-state index is 0.147. The van der Waals surface area contributed by atoms with Crippen LogP contribution in [0.4, 0.5) is 0 Å². The van der Waals surface area contributed by atoms with Crippen LogP contribution in [0.15, 0.2) is 0 Å². The van der Waals surface area contributed by atoms with Gasteiger partial charge in [-0.2, -0.15) is 0 Å². The Labute approximate surface area is 97.3 Å². The normalized spacial score (nSPS) is 22.0. The molecule has 0 aliphatic carbocycles. The van der Waals surface area contributed by atoms with Crippen LogP contribution in [0, 0.1) is 5.92 Å². The topological polar surface area (TPSA) is 67.6 Å². The van der Waals surface area contributed by atoms with E-state index in [0.717, 1.165) is 32.5 Å². The molecular weight excluding hydrogens is 206 g/mol. The molecule has 1 heterocycles. The molecule has 94 valence electrons. The van der Waals surface area contributed by atoms with Crippen molar-refractivity contribution in [2.75, 3.05) is 46.4 Å². The summed E-state index contributed by atoms with van der Waals surface area (Å²) >= 11 is 0. The van der Waals surface area contributed by atoms with Crippen molar-refractivity contribution >= 4 is 5.91 Å². The van der Waals surface area contributed by atoms with Gasteiger partial charge in [0.05, 0.1) is 19.1 Å². The Morgan fingerprint density at radius 2 is 2.38 bits per heavy atom. The van der Waals surface area contributed by atoms with E-state index in [-0.39, 0.29) is 11.8 Å². The van der Waals surface area contributed by atoms with Gasteiger partial charge in [-0.3, -0.25) is 4.79 Å². The average Bonchev–Trinajstić information content (AvgIpc) is 2.34. The lowest BCUT2D eigenvalue weighted by molar-refractivity contribution is -0.126. The Morgan fingerprint density at radius 3 is 3.06 bits per heavy atom. The van der Waals surface area contributed by atoms with Crippen molar-refractivity contribution in [3.05, 3.63) is 0 Å². The molecular formula is C11H23N3O2. The number of nitrogens with two attached hydrogens (primary N) is 1. The van der Waals surface area contributed by atoms with Gasteiger partial charge in [0.25, 0.3) is 0 Å². The van der Waals surface area contributed by atoms with Crippen LogP contribution in [0.3, 0.4) is 0 Å². The molecule has 16 heavy (non-hydrogen) atoms. The summed E-state index contributed by atoms with van der Waals surface area (Å²) in [6.45, 7) is 4.71. The lowest BCUT2D eigenvalue weighted by Gasteiger charge is -2.31. The van der Waals surface area contributed by atoms with Crippen LogP contribution in [0.2, 0.25) is 0 Å². The molecule has 0 bridgehead atoms. The predicted molar refractivity (Wildman–Crippen MR) is 63.1 cm³/mol. The standard InChI is InChI=1S/C11H23N3O2/c1-13-11(15)10-3-2-5-14(9-10)6-8-16-7-4-12/h10H,2-9,12H2,1H3,(H,13,15). The smallest absolute Gasteiger partial charge is 0.224 e. The van der Waals surface area contributed by atoms with Gasteiger partial charge in [0, 0.05) is 26.7 Å². The monoisotopic (exact) mass is 229 g/mol. The quantitative estimate of drug-likeness (QED) is 0.598. The van der Waals surface area contributed by atoms with Crippen LogP contribution in [-0.4, -0.2) is 57.2 Å². The number of nitrogens with zero attached hydrogens (tertiary/aromatic N) is 1. The van der Waals surface area contributed by atoms with Crippen molar-refractivity contribution < 1.29 is 9.53 Å². The first-order valence-corrected chi connectivity index (χ1v) is 5.99. The van der Waals surface area contributed by atoms with Gasteiger partial charge < -0.3 is 20.7 Å². The lowest BCUT2D eigenvalue weighted by Crippen LogP contribution is -2.43. The van der Waals surface area contributed by atoms with Crippen molar-refractivity contribution in [2.45, 2.75) is 12.8 Å². The van der Waals surface area contributed by atoms with Crippen molar-refractivity contribution in [2.24, 2.45) is 11.7 Å². The zero-order valence-corrected chi connectivity index (χ0v) is 10.1. The molecule has 1 atom stereocenters. The molecule has 5 nitrogen and oxygen atoms in total. The van der Waals surface area contributed by atoms with Crippen molar-refractivity contribution in [3.8, 4) is 0 Å². The molecule has 0 aromatic carbocycles. The summed E-state index contributed by atoms with van der Waals surface area (Å²) in [5.41, 5.74) is 5.34. The Kier molecular flexibility index (Phi) is 6.37. The Hall–Kier alpha value is -0.650. The van der Waals surface area contributed by atoms with E-state index in [9.17, 15) is 4.79 Å². The molecule has 1 unspecified atom stereocenters. The maximum Gasteiger partial charge on any atom is 0.224 e. The van der Waals surface area contributed by atoms with Gasteiger partial charge in [0.2, 0.25) is 5.91 Å². The molecule has 5 heteroatoms. The van der Waals surface area contributed by atoms with E-state index >= 15 is 0 Å². The second kappa shape index (κ2) is 7.60. The van der Waals surface area contributed by atoms with Crippen LogP contribution in [-0.2, 0) is 9.53 Å². The second-order valence-electron chi connectivity index (χ2n) is 4.16. The molecule has 1 rings (SSSR count). The molecule has 3 N–H and O–H groups in total. The number of ether oxygens (including phenoxy) is 1. The fraction of sp³-hybridized carbons (Fsp3) is 0.909. The fourth-order valence-corrected chi connectivity index (χ4v) is 2.06. The van der Waals surface area contributed by atoms with Crippen LogP contribution in [0.25, 0.3) is 0 Å². The van der Waals surface area contributed by atoms with Gasteiger partial charge in [-0.15, -0.1) is 0 Å². The van der Waals surface area contributed by atoms with E-state index < -0.39 is 0 Å². The summed E-state index contributed by atoms with van der Waals surface area (Å²) in [5, 5.41) is 2.72. The third kappa shape index (κ3) is 4.47. The van der Waals surface area contributed by atoms with Crippen molar-refractivity contribution in [1.29, 1.82) is 0 Å². The molecule has 0 saturated carbocycles. The van der Waals surface area contributed by atoms with Gasteiger partial charge in [0.1, 0.15) is 0 Å². The first-order valence-electron chi connectivity index (χ1n) is 5.99. The molecule has 0 radical (unpaired) electrons. The number of piperidine rings is 1. The lowest BCUT2D eigenvalue weighted by atomic mass is 9.97. The zero-order chi connectivity index (χ0) is 11.8. The predicted octanol–water partition coefficient (Wildman–Crippen LogP) is -0.580.